The zero-order valence-electron chi connectivity index (χ0n) is 17.5. The number of nitrogens with one attached hydrogen (secondary N) is 1. The summed E-state index contributed by atoms with van der Waals surface area (Å²) in [6.45, 7) is 4.42. The number of esters is 1. The van der Waals surface area contributed by atoms with Gasteiger partial charge in [0.2, 0.25) is 5.91 Å². The van der Waals surface area contributed by atoms with E-state index >= 15 is 0 Å². The second-order valence-corrected chi connectivity index (χ2v) is 7.89. The number of carbonyl (C=O) groups excluding carboxylic acids is 2. The van der Waals surface area contributed by atoms with Crippen LogP contribution in [0.1, 0.15) is 36.1 Å². The van der Waals surface area contributed by atoms with Crippen LogP contribution in [0.15, 0.2) is 48.8 Å². The average molecular weight is 396 g/mol. The predicted molar refractivity (Wildman–Crippen MR) is 111 cm³/mol. The number of nitrogens with zero attached hydrogens (tertiary/aromatic N) is 2. The molecule has 1 amide bonds. The molecule has 0 saturated carbocycles. The van der Waals surface area contributed by atoms with Crippen LogP contribution in [0, 0.1) is 12.8 Å². The van der Waals surface area contributed by atoms with E-state index in [0.717, 1.165) is 16.7 Å². The Morgan fingerprint density at radius 3 is 2.69 bits per heavy atom. The second-order valence-electron chi connectivity index (χ2n) is 7.89. The zero-order chi connectivity index (χ0) is 21.0. The summed E-state index contributed by atoms with van der Waals surface area (Å²) in [6, 6.07) is 11.7. The molecule has 1 aromatic heterocycles. The van der Waals surface area contributed by atoms with Crippen molar-refractivity contribution in [2.24, 2.45) is 5.92 Å². The van der Waals surface area contributed by atoms with Gasteiger partial charge in [-0.15, -0.1) is 0 Å². The Morgan fingerprint density at radius 2 is 2.03 bits per heavy atom. The normalized spacial score (nSPS) is 24.3. The number of likely N-dealkylation sites (N-methyl/N-ethyl adjacent to an activating group) is 1. The number of pyridine rings is 1. The van der Waals surface area contributed by atoms with Gasteiger partial charge < -0.3 is 10.1 Å². The fourth-order valence-corrected chi connectivity index (χ4v) is 4.30. The number of methoxy groups -OCH3 is 1. The van der Waals surface area contributed by atoms with Gasteiger partial charge in [0.05, 0.1) is 13.0 Å². The Hall–Kier alpha value is -2.73. The van der Waals surface area contributed by atoms with Gasteiger partial charge in [-0.25, -0.2) is 0 Å². The smallest absolute Gasteiger partial charge is 0.326 e. The summed E-state index contributed by atoms with van der Waals surface area (Å²) >= 11 is 0. The van der Waals surface area contributed by atoms with E-state index in [2.05, 4.69) is 10.3 Å². The average Bonchev–Trinajstić information content (AvgIpc) is 3.00. The molecule has 0 radical (unpaired) electrons. The van der Waals surface area contributed by atoms with E-state index in [-0.39, 0.29) is 23.8 Å². The monoisotopic (exact) mass is 395 g/mol. The molecule has 0 unspecified atom stereocenters. The number of likely N-dealkylation sites (tertiary alicyclic amines) is 1. The van der Waals surface area contributed by atoms with E-state index in [9.17, 15) is 9.59 Å². The maximum atomic E-state index is 13.2. The van der Waals surface area contributed by atoms with Crippen molar-refractivity contribution in [3.05, 3.63) is 65.5 Å². The molecule has 3 atom stereocenters. The Balaban J connectivity index is 1.82. The lowest BCUT2D eigenvalue weighted by Crippen LogP contribution is -2.47. The number of benzene rings is 1. The van der Waals surface area contributed by atoms with Gasteiger partial charge in [0, 0.05) is 25.0 Å². The lowest BCUT2D eigenvalue weighted by Gasteiger charge is -2.33. The van der Waals surface area contributed by atoms with Crippen LogP contribution >= 0.6 is 0 Å². The molecule has 1 aliphatic heterocycles. The molecule has 1 fully saturated rings. The summed E-state index contributed by atoms with van der Waals surface area (Å²) in [5.41, 5.74) is 2.39. The minimum atomic E-state index is -0.854. The molecular formula is C23H29N3O3. The molecule has 0 aliphatic carbocycles. The van der Waals surface area contributed by atoms with Gasteiger partial charge >= 0.3 is 5.97 Å². The van der Waals surface area contributed by atoms with E-state index in [1.165, 1.54) is 7.11 Å². The number of amides is 1. The highest BCUT2D eigenvalue weighted by atomic mass is 16.5. The minimum Gasteiger partial charge on any atom is -0.468 e. The number of aromatic nitrogens is 1. The van der Waals surface area contributed by atoms with Crippen LogP contribution in [0.2, 0.25) is 0 Å². The summed E-state index contributed by atoms with van der Waals surface area (Å²) in [6.07, 6.45) is 4.66. The van der Waals surface area contributed by atoms with Gasteiger partial charge in [-0.2, -0.15) is 0 Å². The van der Waals surface area contributed by atoms with Crippen LogP contribution in [0.5, 0.6) is 0 Å². The van der Waals surface area contributed by atoms with Gasteiger partial charge in [-0.05, 0) is 56.5 Å². The minimum absolute atomic E-state index is 0.0402. The fraction of sp³-hybridized carbons (Fsp3) is 0.435. The summed E-state index contributed by atoms with van der Waals surface area (Å²) in [4.78, 5) is 31.8. The first-order valence-corrected chi connectivity index (χ1v) is 9.92. The number of carbonyl (C=O) groups is 2. The third kappa shape index (κ3) is 4.17. The summed E-state index contributed by atoms with van der Waals surface area (Å²) in [5.74, 6) is -0.704. The van der Waals surface area contributed by atoms with Crippen LogP contribution in [0.25, 0.3) is 0 Å². The van der Waals surface area contributed by atoms with E-state index < -0.39 is 5.54 Å². The van der Waals surface area contributed by atoms with E-state index in [1.807, 2.05) is 62.2 Å². The van der Waals surface area contributed by atoms with Gasteiger partial charge in [0.1, 0.15) is 5.54 Å². The molecule has 3 rings (SSSR count). The standard InChI is InChI=1S/C23H29N3O3/c1-16-8-5-6-10-18(16)20-19(14-23(2,26(20)3)22(28)29-4)21(27)25-13-11-17-9-7-12-24-15-17/h5-10,12,15,19-20H,11,13-14H2,1-4H3,(H,25,27)/t19-,20-,23-/m0/s1. The molecule has 1 N–H and O–H groups in total. The molecule has 0 spiro atoms. The van der Waals surface area contributed by atoms with E-state index in [0.29, 0.717) is 19.4 Å². The highest BCUT2D eigenvalue weighted by molar-refractivity contribution is 5.86. The topological polar surface area (TPSA) is 71.5 Å². The van der Waals surface area contributed by atoms with Crippen LogP contribution in [0.3, 0.4) is 0 Å². The van der Waals surface area contributed by atoms with Gasteiger partial charge in [0.15, 0.2) is 0 Å². The SMILES string of the molecule is COC(=O)[C@]1(C)C[C@H](C(=O)NCCc2cccnc2)[C@H](c2ccccc2C)N1C. The number of hydrogen-bond acceptors (Lipinski definition) is 5. The van der Waals surface area contributed by atoms with Crippen LogP contribution < -0.4 is 5.32 Å². The van der Waals surface area contributed by atoms with Crippen LogP contribution in [0.4, 0.5) is 0 Å². The Morgan fingerprint density at radius 1 is 1.28 bits per heavy atom. The van der Waals surface area contributed by atoms with Crippen molar-refractivity contribution in [3.63, 3.8) is 0 Å². The number of aryl methyl sites for hydroxylation is 1. The van der Waals surface area contributed by atoms with Crippen molar-refractivity contribution in [3.8, 4) is 0 Å². The summed E-state index contributed by atoms with van der Waals surface area (Å²) < 4.78 is 5.07. The first-order chi connectivity index (χ1) is 13.9. The molecule has 1 aromatic carbocycles. The van der Waals surface area contributed by atoms with Crippen molar-refractivity contribution in [2.45, 2.75) is 38.3 Å². The molecule has 6 nitrogen and oxygen atoms in total. The largest absolute Gasteiger partial charge is 0.468 e. The van der Waals surface area contributed by atoms with E-state index in [1.54, 1.807) is 12.4 Å². The summed E-state index contributed by atoms with van der Waals surface area (Å²) in [5, 5.41) is 3.06. The van der Waals surface area contributed by atoms with Crippen molar-refractivity contribution in [2.75, 3.05) is 20.7 Å². The molecular weight excluding hydrogens is 366 g/mol. The van der Waals surface area contributed by atoms with Gasteiger partial charge in [0.25, 0.3) is 0 Å². The van der Waals surface area contributed by atoms with Crippen molar-refractivity contribution >= 4 is 11.9 Å². The van der Waals surface area contributed by atoms with Crippen LogP contribution in [-0.2, 0) is 20.7 Å². The van der Waals surface area contributed by atoms with Gasteiger partial charge in [-0.3, -0.25) is 19.5 Å². The highest BCUT2D eigenvalue weighted by Crippen LogP contribution is 2.47. The first kappa shape index (κ1) is 21.0. The molecule has 1 aliphatic rings. The van der Waals surface area contributed by atoms with E-state index in [4.69, 9.17) is 4.74 Å². The lowest BCUT2D eigenvalue weighted by molar-refractivity contribution is -0.152. The number of rotatable bonds is 6. The molecule has 0 bridgehead atoms. The molecule has 6 heteroatoms. The van der Waals surface area contributed by atoms with Crippen LogP contribution in [-0.4, -0.2) is 48.0 Å². The Kier molecular flexibility index (Phi) is 6.33. The Bertz CT molecular complexity index is 871. The highest BCUT2D eigenvalue weighted by Gasteiger charge is 2.55. The third-order valence-corrected chi connectivity index (χ3v) is 6.10. The number of ether oxygens (including phenoxy) is 1. The predicted octanol–water partition coefficient (Wildman–Crippen LogP) is 2.67. The maximum absolute atomic E-state index is 13.2. The molecule has 2 aromatic rings. The quantitative estimate of drug-likeness (QED) is 0.762. The third-order valence-electron chi connectivity index (χ3n) is 6.10. The van der Waals surface area contributed by atoms with Crippen molar-refractivity contribution < 1.29 is 14.3 Å². The lowest BCUT2D eigenvalue weighted by atomic mass is 9.88. The maximum Gasteiger partial charge on any atom is 0.326 e. The number of hydrogen-bond donors (Lipinski definition) is 1. The van der Waals surface area contributed by atoms with Crippen molar-refractivity contribution in [1.82, 2.24) is 15.2 Å². The van der Waals surface area contributed by atoms with Gasteiger partial charge in [-0.1, -0.05) is 30.3 Å². The first-order valence-electron chi connectivity index (χ1n) is 9.92. The van der Waals surface area contributed by atoms with Crippen molar-refractivity contribution in [1.29, 1.82) is 0 Å². The fourth-order valence-electron chi connectivity index (χ4n) is 4.30. The molecule has 154 valence electrons. The molecule has 1 saturated heterocycles. The Labute approximate surface area is 172 Å². The summed E-state index contributed by atoms with van der Waals surface area (Å²) in [7, 11) is 3.29. The molecule has 2 heterocycles. The zero-order valence-corrected chi connectivity index (χ0v) is 17.5. The second kappa shape index (κ2) is 8.74. The molecule has 29 heavy (non-hydrogen) atoms.